The molecule has 3 rings (SSSR count). The molecule has 1 aromatic rings. The van der Waals surface area contributed by atoms with E-state index in [1.807, 2.05) is 12.1 Å². The van der Waals surface area contributed by atoms with E-state index in [0.29, 0.717) is 6.79 Å². The molecule has 0 fully saturated rings. The van der Waals surface area contributed by atoms with Crippen LogP contribution in [0.5, 0.6) is 17.2 Å². The minimum atomic E-state index is 0.332. The second-order valence-electron chi connectivity index (χ2n) is 3.27. The van der Waals surface area contributed by atoms with Crippen LogP contribution in [0.3, 0.4) is 0 Å². The Kier molecular flexibility index (Phi) is 1.39. The van der Waals surface area contributed by atoms with Crippen LogP contribution in [0.2, 0.25) is 0 Å². The number of aryl methyl sites for hydroxylation is 1. The lowest BCUT2D eigenvalue weighted by atomic mass is 10.1. The van der Waals surface area contributed by atoms with Crippen molar-refractivity contribution < 1.29 is 14.2 Å². The van der Waals surface area contributed by atoms with Crippen molar-refractivity contribution in [3.05, 3.63) is 17.7 Å². The molecule has 0 atom stereocenters. The predicted octanol–water partition coefficient (Wildman–Crippen LogP) is 1.74. The molecule has 0 unspecified atom stereocenters. The van der Waals surface area contributed by atoms with Crippen LogP contribution in [-0.4, -0.2) is 13.4 Å². The zero-order chi connectivity index (χ0) is 8.67. The van der Waals surface area contributed by atoms with Crippen molar-refractivity contribution in [3.8, 4) is 17.2 Å². The van der Waals surface area contributed by atoms with E-state index < -0.39 is 0 Å². The van der Waals surface area contributed by atoms with Gasteiger partial charge in [-0.05, 0) is 24.5 Å². The first-order chi connectivity index (χ1) is 6.43. The molecule has 68 valence electrons. The summed E-state index contributed by atoms with van der Waals surface area (Å²) < 4.78 is 16.1. The molecule has 3 nitrogen and oxygen atoms in total. The van der Waals surface area contributed by atoms with E-state index in [2.05, 4.69) is 0 Å². The van der Waals surface area contributed by atoms with Crippen molar-refractivity contribution in [1.82, 2.24) is 0 Å². The highest BCUT2D eigenvalue weighted by Gasteiger charge is 2.19. The van der Waals surface area contributed by atoms with Crippen molar-refractivity contribution in [2.45, 2.75) is 12.8 Å². The van der Waals surface area contributed by atoms with Gasteiger partial charge in [0.2, 0.25) is 6.79 Å². The zero-order valence-corrected chi connectivity index (χ0v) is 7.21. The summed E-state index contributed by atoms with van der Waals surface area (Å²) in [5.41, 5.74) is 1.23. The van der Waals surface area contributed by atoms with Crippen molar-refractivity contribution in [1.29, 1.82) is 0 Å². The highest BCUT2D eigenvalue weighted by molar-refractivity contribution is 5.52. The third-order valence-electron chi connectivity index (χ3n) is 2.40. The third kappa shape index (κ3) is 1.03. The number of rotatable bonds is 0. The molecular formula is C10H10O3. The molecule has 3 heteroatoms. The Morgan fingerprint density at radius 2 is 1.77 bits per heavy atom. The van der Waals surface area contributed by atoms with Crippen LogP contribution in [-0.2, 0) is 6.42 Å². The minimum Gasteiger partial charge on any atom is -0.493 e. The molecule has 0 radical (unpaired) electrons. The molecule has 0 saturated heterocycles. The Labute approximate surface area is 76.2 Å². The van der Waals surface area contributed by atoms with E-state index in [0.717, 1.165) is 36.7 Å². The molecule has 2 heterocycles. The van der Waals surface area contributed by atoms with Crippen LogP contribution in [0.15, 0.2) is 12.1 Å². The molecule has 0 N–H and O–H groups in total. The maximum absolute atomic E-state index is 5.51. The van der Waals surface area contributed by atoms with Crippen molar-refractivity contribution >= 4 is 0 Å². The van der Waals surface area contributed by atoms with Gasteiger partial charge in [-0.1, -0.05) is 0 Å². The predicted molar refractivity (Wildman–Crippen MR) is 46.4 cm³/mol. The first kappa shape index (κ1) is 7.06. The summed E-state index contributed by atoms with van der Waals surface area (Å²) in [5, 5.41) is 0. The van der Waals surface area contributed by atoms with Gasteiger partial charge in [-0.15, -0.1) is 0 Å². The number of ether oxygens (including phenoxy) is 3. The Balaban J connectivity index is 2.11. The summed E-state index contributed by atoms with van der Waals surface area (Å²) in [5.74, 6) is 2.61. The zero-order valence-electron chi connectivity index (χ0n) is 7.21. The quantitative estimate of drug-likeness (QED) is 0.605. The lowest BCUT2D eigenvalue weighted by Gasteiger charge is -2.17. The Morgan fingerprint density at radius 1 is 0.923 bits per heavy atom. The Morgan fingerprint density at radius 3 is 2.69 bits per heavy atom. The summed E-state index contributed by atoms with van der Waals surface area (Å²) in [6, 6.07) is 3.95. The summed E-state index contributed by atoms with van der Waals surface area (Å²) in [7, 11) is 0. The number of hydrogen-bond donors (Lipinski definition) is 0. The molecule has 0 aliphatic carbocycles. The molecule has 2 aliphatic rings. The van der Waals surface area contributed by atoms with Gasteiger partial charge in [0.15, 0.2) is 11.5 Å². The molecule has 0 saturated carbocycles. The second-order valence-corrected chi connectivity index (χ2v) is 3.27. The fourth-order valence-electron chi connectivity index (χ4n) is 1.74. The van der Waals surface area contributed by atoms with E-state index in [1.165, 1.54) is 5.56 Å². The van der Waals surface area contributed by atoms with Gasteiger partial charge < -0.3 is 14.2 Å². The SMILES string of the molecule is c1c2c(cc3c1OCO3)OCCC2. The lowest BCUT2D eigenvalue weighted by Crippen LogP contribution is -2.07. The highest BCUT2D eigenvalue weighted by atomic mass is 16.7. The van der Waals surface area contributed by atoms with Gasteiger partial charge in [-0.3, -0.25) is 0 Å². The van der Waals surface area contributed by atoms with E-state index in [-0.39, 0.29) is 0 Å². The molecular weight excluding hydrogens is 168 g/mol. The molecule has 0 amide bonds. The normalized spacial score (nSPS) is 17.8. The van der Waals surface area contributed by atoms with Gasteiger partial charge in [-0.2, -0.15) is 0 Å². The van der Waals surface area contributed by atoms with Gasteiger partial charge in [-0.25, -0.2) is 0 Å². The van der Waals surface area contributed by atoms with Gasteiger partial charge in [0.05, 0.1) is 6.61 Å². The molecule has 0 spiro atoms. The molecule has 0 bridgehead atoms. The first-order valence-corrected chi connectivity index (χ1v) is 4.49. The van der Waals surface area contributed by atoms with Crippen molar-refractivity contribution in [2.24, 2.45) is 0 Å². The number of benzene rings is 1. The van der Waals surface area contributed by atoms with E-state index >= 15 is 0 Å². The monoisotopic (exact) mass is 178 g/mol. The maximum Gasteiger partial charge on any atom is 0.231 e. The van der Waals surface area contributed by atoms with Crippen LogP contribution < -0.4 is 14.2 Å². The van der Waals surface area contributed by atoms with Gasteiger partial charge >= 0.3 is 0 Å². The van der Waals surface area contributed by atoms with Crippen molar-refractivity contribution in [2.75, 3.05) is 13.4 Å². The highest BCUT2D eigenvalue weighted by Crippen LogP contribution is 2.39. The van der Waals surface area contributed by atoms with E-state index in [9.17, 15) is 0 Å². The maximum atomic E-state index is 5.51. The Bertz CT molecular complexity index is 313. The van der Waals surface area contributed by atoms with Crippen LogP contribution in [0.1, 0.15) is 12.0 Å². The van der Waals surface area contributed by atoms with Gasteiger partial charge in [0.25, 0.3) is 0 Å². The summed E-state index contributed by atoms with van der Waals surface area (Å²) in [4.78, 5) is 0. The van der Waals surface area contributed by atoms with Gasteiger partial charge in [0.1, 0.15) is 5.75 Å². The standard InChI is InChI=1S/C10H10O3/c1-2-7-4-9-10(13-6-12-9)5-8(7)11-3-1/h4-5H,1-3,6H2. The van der Waals surface area contributed by atoms with Crippen molar-refractivity contribution in [3.63, 3.8) is 0 Å². The van der Waals surface area contributed by atoms with Crippen LogP contribution in [0.25, 0.3) is 0 Å². The Hall–Kier alpha value is -1.38. The summed E-state index contributed by atoms with van der Waals surface area (Å²) in [6.07, 6.45) is 2.17. The molecule has 13 heavy (non-hydrogen) atoms. The van der Waals surface area contributed by atoms with Crippen LogP contribution >= 0.6 is 0 Å². The largest absolute Gasteiger partial charge is 0.493 e. The smallest absolute Gasteiger partial charge is 0.231 e. The van der Waals surface area contributed by atoms with Crippen LogP contribution in [0.4, 0.5) is 0 Å². The fourth-order valence-corrected chi connectivity index (χ4v) is 1.74. The average molecular weight is 178 g/mol. The average Bonchev–Trinajstić information content (AvgIpc) is 2.61. The van der Waals surface area contributed by atoms with E-state index in [1.54, 1.807) is 0 Å². The van der Waals surface area contributed by atoms with Crippen LogP contribution in [0, 0.1) is 0 Å². The second kappa shape index (κ2) is 2.55. The molecule has 0 aromatic heterocycles. The lowest BCUT2D eigenvalue weighted by molar-refractivity contribution is 0.174. The van der Waals surface area contributed by atoms with E-state index in [4.69, 9.17) is 14.2 Å². The topological polar surface area (TPSA) is 27.7 Å². The fraction of sp³-hybridized carbons (Fsp3) is 0.400. The number of hydrogen-bond acceptors (Lipinski definition) is 3. The summed E-state index contributed by atoms with van der Waals surface area (Å²) in [6.45, 7) is 1.14. The molecule has 1 aromatic carbocycles. The number of fused-ring (bicyclic) bond motifs is 2. The summed E-state index contributed by atoms with van der Waals surface area (Å²) >= 11 is 0. The third-order valence-corrected chi connectivity index (χ3v) is 2.40. The molecule has 2 aliphatic heterocycles. The first-order valence-electron chi connectivity index (χ1n) is 4.49. The minimum absolute atomic E-state index is 0.332. The van der Waals surface area contributed by atoms with Gasteiger partial charge in [0, 0.05) is 6.07 Å².